The maximum atomic E-state index is 6.03. The van der Waals surface area contributed by atoms with E-state index in [-0.39, 0.29) is 0 Å². The smallest absolute Gasteiger partial charge is 0.214 e. The zero-order valence-electron chi connectivity index (χ0n) is 15.5. The average molecular weight is 432 g/mol. The van der Waals surface area contributed by atoms with Crippen molar-refractivity contribution in [3.05, 3.63) is 90.5 Å². The molecule has 0 fully saturated rings. The molecule has 0 radical (unpaired) electrons. The van der Waals surface area contributed by atoms with Gasteiger partial charge in [0.15, 0.2) is 0 Å². The van der Waals surface area contributed by atoms with Crippen LogP contribution in [0.5, 0.6) is 0 Å². The first kappa shape index (κ1) is 18.6. The highest BCUT2D eigenvalue weighted by atomic mass is 35.5. The Labute approximate surface area is 181 Å². The lowest BCUT2D eigenvalue weighted by Crippen LogP contribution is -1.94. The number of nitrogens with zero attached hydrogens (tertiary/aromatic N) is 5. The number of aromatic nitrogens is 5. The van der Waals surface area contributed by atoms with E-state index in [0.29, 0.717) is 10.8 Å². The van der Waals surface area contributed by atoms with E-state index in [0.717, 1.165) is 32.4 Å². The summed E-state index contributed by atoms with van der Waals surface area (Å²) in [4.78, 5) is 10.7. The molecule has 0 bridgehead atoms. The van der Waals surface area contributed by atoms with Crippen molar-refractivity contribution in [3.63, 3.8) is 0 Å². The second-order valence-corrected chi connectivity index (χ2v) is 7.92. The molecular formula is C22H14ClN5OS. The van der Waals surface area contributed by atoms with E-state index in [4.69, 9.17) is 21.2 Å². The third-order valence-corrected chi connectivity index (χ3v) is 5.65. The van der Waals surface area contributed by atoms with Crippen molar-refractivity contribution in [2.24, 2.45) is 0 Å². The molecule has 0 amide bonds. The number of pyridine rings is 1. The summed E-state index contributed by atoms with van der Waals surface area (Å²) >= 11 is 7.64. The number of para-hydroxylation sites is 1. The van der Waals surface area contributed by atoms with Gasteiger partial charge >= 0.3 is 0 Å². The van der Waals surface area contributed by atoms with Crippen molar-refractivity contribution in [1.29, 1.82) is 0 Å². The van der Waals surface area contributed by atoms with E-state index in [1.54, 1.807) is 18.0 Å². The van der Waals surface area contributed by atoms with E-state index in [9.17, 15) is 0 Å². The monoisotopic (exact) mass is 431 g/mol. The first-order valence-electron chi connectivity index (χ1n) is 9.08. The number of rotatable bonds is 5. The normalized spacial score (nSPS) is 11.0. The van der Waals surface area contributed by atoms with Crippen LogP contribution in [0.1, 0.15) is 0 Å². The van der Waals surface area contributed by atoms with Gasteiger partial charge in [0.1, 0.15) is 5.69 Å². The van der Waals surface area contributed by atoms with Crippen LogP contribution in [-0.4, -0.2) is 24.9 Å². The second-order valence-electron chi connectivity index (χ2n) is 6.36. The number of hydrogen-bond acceptors (Lipinski definition) is 6. The zero-order chi connectivity index (χ0) is 20.3. The Balaban J connectivity index is 1.55. The molecule has 0 N–H and O–H groups in total. The van der Waals surface area contributed by atoms with Crippen LogP contribution in [0.15, 0.2) is 99.8 Å². The predicted molar refractivity (Wildman–Crippen MR) is 116 cm³/mol. The zero-order valence-corrected chi connectivity index (χ0v) is 17.1. The van der Waals surface area contributed by atoms with Crippen LogP contribution in [-0.2, 0) is 0 Å². The molecule has 6 nitrogen and oxygen atoms in total. The van der Waals surface area contributed by atoms with Gasteiger partial charge in [0.25, 0.3) is 0 Å². The Hall–Kier alpha value is -3.42. The Bertz CT molecular complexity index is 1250. The summed E-state index contributed by atoms with van der Waals surface area (Å²) in [7, 11) is 0. The first-order chi connectivity index (χ1) is 14.8. The predicted octanol–water partition coefficient (Wildman–Crippen LogP) is 5.79. The second kappa shape index (κ2) is 8.14. The molecule has 5 rings (SSSR count). The Morgan fingerprint density at radius 2 is 1.73 bits per heavy atom. The van der Waals surface area contributed by atoms with Crippen LogP contribution >= 0.6 is 23.4 Å². The highest BCUT2D eigenvalue weighted by Gasteiger charge is 2.16. The molecule has 0 aliphatic carbocycles. The molecule has 0 aliphatic rings. The van der Waals surface area contributed by atoms with Gasteiger partial charge in [-0.15, -0.1) is 0 Å². The van der Waals surface area contributed by atoms with Crippen molar-refractivity contribution in [3.8, 4) is 28.5 Å². The summed E-state index contributed by atoms with van der Waals surface area (Å²) in [5.74, 6) is 0.500. The van der Waals surface area contributed by atoms with Gasteiger partial charge in [0.05, 0.1) is 16.3 Å². The summed E-state index contributed by atoms with van der Waals surface area (Å²) in [5.41, 5.74) is 3.30. The van der Waals surface area contributed by atoms with Crippen LogP contribution in [0.3, 0.4) is 0 Å². The molecule has 0 unspecified atom stereocenters. The average Bonchev–Trinajstić information content (AvgIpc) is 3.47. The van der Waals surface area contributed by atoms with Gasteiger partial charge in [-0.3, -0.25) is 4.98 Å². The number of benzene rings is 2. The van der Waals surface area contributed by atoms with Crippen LogP contribution < -0.4 is 0 Å². The van der Waals surface area contributed by atoms with Gasteiger partial charge in [-0.1, -0.05) is 46.7 Å². The number of hydrogen-bond donors (Lipinski definition) is 0. The van der Waals surface area contributed by atoms with Gasteiger partial charge in [-0.2, -0.15) is 10.1 Å². The molecule has 3 aromatic heterocycles. The van der Waals surface area contributed by atoms with Gasteiger partial charge in [-0.05, 0) is 48.5 Å². The molecule has 3 heterocycles. The van der Waals surface area contributed by atoms with E-state index in [1.165, 1.54) is 6.39 Å². The van der Waals surface area contributed by atoms with Gasteiger partial charge in [0, 0.05) is 27.9 Å². The van der Waals surface area contributed by atoms with Crippen molar-refractivity contribution in [2.45, 2.75) is 9.79 Å². The lowest BCUT2D eigenvalue weighted by molar-refractivity contribution is 0.418. The van der Waals surface area contributed by atoms with Crippen LogP contribution in [0, 0.1) is 0 Å². The molecule has 0 saturated heterocycles. The standard InChI is InChI=1S/C22H14ClN5OS/c23-16-7-9-18(10-8-16)30-20-13-28(17-4-2-1-3-5-17)26-21(20)19-11-6-15(12-24-19)22-25-14-29-27-22/h1-14H. The van der Waals surface area contributed by atoms with Gasteiger partial charge in [0.2, 0.25) is 12.2 Å². The third-order valence-electron chi connectivity index (χ3n) is 4.37. The molecule has 5 aromatic rings. The van der Waals surface area contributed by atoms with E-state index < -0.39 is 0 Å². The van der Waals surface area contributed by atoms with Crippen LogP contribution in [0.4, 0.5) is 0 Å². The van der Waals surface area contributed by atoms with Crippen molar-refractivity contribution in [2.75, 3.05) is 0 Å². The molecule has 8 heteroatoms. The van der Waals surface area contributed by atoms with E-state index in [1.807, 2.05) is 77.6 Å². The number of halogens is 1. The highest BCUT2D eigenvalue weighted by molar-refractivity contribution is 7.99. The largest absolute Gasteiger partial charge is 0.342 e. The van der Waals surface area contributed by atoms with Crippen molar-refractivity contribution in [1.82, 2.24) is 24.9 Å². The maximum absolute atomic E-state index is 6.03. The summed E-state index contributed by atoms with van der Waals surface area (Å²) in [5, 5.41) is 9.37. The minimum atomic E-state index is 0.500. The molecule has 2 aromatic carbocycles. The highest BCUT2D eigenvalue weighted by Crippen LogP contribution is 2.36. The van der Waals surface area contributed by atoms with Crippen LogP contribution in [0.2, 0.25) is 5.02 Å². The van der Waals surface area contributed by atoms with Gasteiger partial charge in [-0.25, -0.2) is 4.68 Å². The maximum Gasteiger partial charge on any atom is 0.214 e. The molecule has 0 spiro atoms. The van der Waals surface area contributed by atoms with Crippen molar-refractivity contribution >= 4 is 23.4 Å². The fraction of sp³-hybridized carbons (Fsp3) is 0. The summed E-state index contributed by atoms with van der Waals surface area (Å²) in [6.45, 7) is 0. The van der Waals surface area contributed by atoms with E-state index >= 15 is 0 Å². The first-order valence-corrected chi connectivity index (χ1v) is 10.3. The van der Waals surface area contributed by atoms with Crippen LogP contribution in [0.25, 0.3) is 28.5 Å². The Morgan fingerprint density at radius 1 is 0.900 bits per heavy atom. The van der Waals surface area contributed by atoms with Gasteiger partial charge < -0.3 is 4.52 Å². The minimum absolute atomic E-state index is 0.500. The molecule has 0 aliphatic heterocycles. The lowest BCUT2D eigenvalue weighted by Gasteiger charge is -2.03. The molecule has 0 saturated carbocycles. The Morgan fingerprint density at radius 3 is 2.43 bits per heavy atom. The fourth-order valence-corrected chi connectivity index (χ4v) is 3.96. The third kappa shape index (κ3) is 3.85. The summed E-state index contributed by atoms with van der Waals surface area (Å²) in [6, 6.07) is 21.5. The lowest BCUT2D eigenvalue weighted by atomic mass is 10.2. The SMILES string of the molecule is Clc1ccc(Sc2cn(-c3ccccc3)nc2-c2ccc(-c3ncon3)cn2)cc1. The quantitative estimate of drug-likeness (QED) is 0.351. The minimum Gasteiger partial charge on any atom is -0.342 e. The molecule has 146 valence electrons. The van der Waals surface area contributed by atoms with E-state index in [2.05, 4.69) is 15.1 Å². The van der Waals surface area contributed by atoms with Crippen molar-refractivity contribution < 1.29 is 4.52 Å². The summed E-state index contributed by atoms with van der Waals surface area (Å²) in [6.07, 6.45) is 5.03. The fourth-order valence-electron chi connectivity index (χ4n) is 2.92. The molecule has 0 atom stereocenters. The Kier molecular flexibility index (Phi) is 5.04. The summed E-state index contributed by atoms with van der Waals surface area (Å²) < 4.78 is 6.68. The molecule has 30 heavy (non-hydrogen) atoms. The molecular weight excluding hydrogens is 418 g/mol. The topological polar surface area (TPSA) is 69.6 Å².